The maximum absolute atomic E-state index is 12.6. The standard InChI is InChI=1S/C23H27N3O4/c1-17(30-21-5-2-4-20(16-21)26-11-3-6-22(26)27)23(28)24-18-7-9-19(10-8-18)25-12-14-29-15-13-25/h2,4-5,7-10,16-17H,3,6,11-15H2,1H3,(H,24,28). The molecule has 2 aliphatic rings. The van der Waals surface area contributed by atoms with Crippen LogP contribution in [0.1, 0.15) is 19.8 Å². The zero-order chi connectivity index (χ0) is 20.9. The van der Waals surface area contributed by atoms with Gasteiger partial charge in [-0.25, -0.2) is 0 Å². The van der Waals surface area contributed by atoms with Gasteiger partial charge in [0.25, 0.3) is 5.91 Å². The van der Waals surface area contributed by atoms with Crippen molar-refractivity contribution in [2.45, 2.75) is 25.9 Å². The number of carbonyl (C=O) groups is 2. The third-order valence-corrected chi connectivity index (χ3v) is 5.40. The Bertz CT molecular complexity index is 894. The summed E-state index contributed by atoms with van der Waals surface area (Å²) in [6, 6.07) is 15.1. The molecule has 0 saturated carbocycles. The molecule has 1 atom stereocenters. The molecule has 7 heteroatoms. The molecule has 1 unspecified atom stereocenters. The third-order valence-electron chi connectivity index (χ3n) is 5.40. The van der Waals surface area contributed by atoms with E-state index < -0.39 is 6.10 Å². The Balaban J connectivity index is 1.34. The highest BCUT2D eigenvalue weighted by Crippen LogP contribution is 2.26. The number of hydrogen-bond acceptors (Lipinski definition) is 5. The van der Waals surface area contributed by atoms with Gasteiger partial charge in [0.2, 0.25) is 5.91 Å². The second-order valence-corrected chi connectivity index (χ2v) is 7.54. The van der Waals surface area contributed by atoms with Gasteiger partial charge in [0.1, 0.15) is 5.75 Å². The summed E-state index contributed by atoms with van der Waals surface area (Å²) in [7, 11) is 0. The summed E-state index contributed by atoms with van der Waals surface area (Å²) >= 11 is 0. The fraction of sp³-hybridized carbons (Fsp3) is 0.391. The molecule has 1 N–H and O–H groups in total. The van der Waals surface area contributed by atoms with Gasteiger partial charge in [-0.05, 0) is 49.7 Å². The summed E-state index contributed by atoms with van der Waals surface area (Å²) in [6.07, 6.45) is 0.773. The predicted molar refractivity (Wildman–Crippen MR) is 116 cm³/mol. The van der Waals surface area contributed by atoms with E-state index in [2.05, 4.69) is 10.2 Å². The first kappa shape index (κ1) is 20.2. The molecule has 2 amide bonds. The van der Waals surface area contributed by atoms with Crippen LogP contribution in [-0.2, 0) is 14.3 Å². The second kappa shape index (κ2) is 9.17. The molecule has 2 aromatic carbocycles. The molecule has 0 spiro atoms. The maximum Gasteiger partial charge on any atom is 0.265 e. The lowest BCUT2D eigenvalue weighted by Gasteiger charge is -2.29. The molecule has 2 aromatic rings. The van der Waals surface area contributed by atoms with E-state index in [1.54, 1.807) is 17.9 Å². The summed E-state index contributed by atoms with van der Waals surface area (Å²) in [4.78, 5) is 28.5. The summed E-state index contributed by atoms with van der Waals surface area (Å²) in [5.41, 5.74) is 2.65. The number of carbonyl (C=O) groups excluding carboxylic acids is 2. The highest BCUT2D eigenvalue weighted by atomic mass is 16.5. The summed E-state index contributed by atoms with van der Waals surface area (Å²) < 4.78 is 11.2. The van der Waals surface area contributed by atoms with Crippen molar-refractivity contribution in [1.82, 2.24) is 0 Å². The molecule has 0 radical (unpaired) electrons. The molecule has 2 aliphatic heterocycles. The van der Waals surface area contributed by atoms with Crippen LogP contribution in [-0.4, -0.2) is 50.8 Å². The second-order valence-electron chi connectivity index (χ2n) is 7.54. The summed E-state index contributed by atoms with van der Waals surface area (Å²) in [5, 5.41) is 2.90. The minimum absolute atomic E-state index is 0.124. The first-order valence-electron chi connectivity index (χ1n) is 10.4. The van der Waals surface area contributed by atoms with Crippen molar-refractivity contribution < 1.29 is 19.1 Å². The number of amides is 2. The highest BCUT2D eigenvalue weighted by molar-refractivity contribution is 5.96. The normalized spacial score (nSPS) is 17.7. The van der Waals surface area contributed by atoms with Crippen molar-refractivity contribution in [2.75, 3.05) is 48.0 Å². The van der Waals surface area contributed by atoms with E-state index in [9.17, 15) is 9.59 Å². The minimum Gasteiger partial charge on any atom is -0.481 e. The molecule has 2 heterocycles. The average molecular weight is 409 g/mol. The number of nitrogens with zero attached hydrogens (tertiary/aromatic N) is 2. The quantitative estimate of drug-likeness (QED) is 0.794. The number of nitrogens with one attached hydrogen (secondary N) is 1. The van der Waals surface area contributed by atoms with Crippen molar-refractivity contribution in [3.05, 3.63) is 48.5 Å². The number of hydrogen-bond donors (Lipinski definition) is 1. The van der Waals surface area contributed by atoms with Gasteiger partial charge in [0, 0.05) is 49.2 Å². The third kappa shape index (κ3) is 4.74. The first-order chi connectivity index (χ1) is 14.6. The topological polar surface area (TPSA) is 71.1 Å². The van der Waals surface area contributed by atoms with E-state index in [0.717, 1.165) is 56.3 Å². The van der Waals surface area contributed by atoms with Crippen LogP contribution in [0.2, 0.25) is 0 Å². The van der Waals surface area contributed by atoms with Gasteiger partial charge >= 0.3 is 0 Å². The molecular formula is C23H27N3O4. The van der Waals surface area contributed by atoms with Crippen LogP contribution >= 0.6 is 0 Å². The van der Waals surface area contributed by atoms with Crippen molar-refractivity contribution in [1.29, 1.82) is 0 Å². The lowest BCUT2D eigenvalue weighted by molar-refractivity contribution is -0.122. The van der Waals surface area contributed by atoms with Gasteiger partial charge < -0.3 is 24.6 Å². The van der Waals surface area contributed by atoms with E-state index in [0.29, 0.717) is 12.2 Å². The zero-order valence-corrected chi connectivity index (χ0v) is 17.2. The van der Waals surface area contributed by atoms with Crippen molar-refractivity contribution in [2.24, 2.45) is 0 Å². The number of rotatable bonds is 6. The Hall–Kier alpha value is -3.06. The molecule has 4 rings (SSSR count). The Labute approximate surface area is 176 Å². The molecule has 7 nitrogen and oxygen atoms in total. The predicted octanol–water partition coefficient (Wildman–Crippen LogP) is 3.06. The van der Waals surface area contributed by atoms with Crippen LogP contribution in [0.3, 0.4) is 0 Å². The van der Waals surface area contributed by atoms with Crippen molar-refractivity contribution in [3.63, 3.8) is 0 Å². The van der Waals surface area contributed by atoms with Crippen LogP contribution in [0, 0.1) is 0 Å². The Morgan fingerprint density at radius 1 is 1.07 bits per heavy atom. The van der Waals surface area contributed by atoms with Crippen LogP contribution < -0.4 is 19.9 Å². The van der Waals surface area contributed by atoms with Crippen LogP contribution in [0.25, 0.3) is 0 Å². The maximum atomic E-state index is 12.6. The highest BCUT2D eigenvalue weighted by Gasteiger charge is 2.22. The molecule has 30 heavy (non-hydrogen) atoms. The average Bonchev–Trinajstić information content (AvgIpc) is 3.21. The van der Waals surface area contributed by atoms with Gasteiger partial charge in [-0.15, -0.1) is 0 Å². The van der Waals surface area contributed by atoms with E-state index in [-0.39, 0.29) is 11.8 Å². The largest absolute Gasteiger partial charge is 0.481 e. The molecular weight excluding hydrogens is 382 g/mol. The van der Waals surface area contributed by atoms with E-state index in [4.69, 9.17) is 9.47 Å². The van der Waals surface area contributed by atoms with Crippen LogP contribution in [0.5, 0.6) is 5.75 Å². The summed E-state index contributed by atoms with van der Waals surface area (Å²) in [5.74, 6) is 0.466. The number of anilines is 3. The number of morpholine rings is 1. The molecule has 2 saturated heterocycles. The van der Waals surface area contributed by atoms with Crippen LogP contribution in [0.4, 0.5) is 17.1 Å². The fourth-order valence-corrected chi connectivity index (χ4v) is 3.72. The van der Waals surface area contributed by atoms with Gasteiger partial charge in [0.05, 0.1) is 13.2 Å². The van der Waals surface area contributed by atoms with Gasteiger partial charge in [-0.1, -0.05) is 6.07 Å². The molecule has 2 fully saturated rings. The van der Waals surface area contributed by atoms with Crippen LogP contribution in [0.15, 0.2) is 48.5 Å². The lowest BCUT2D eigenvalue weighted by Crippen LogP contribution is -2.36. The van der Waals surface area contributed by atoms with Gasteiger partial charge in [-0.3, -0.25) is 9.59 Å². The molecule has 0 aromatic heterocycles. The molecule has 0 aliphatic carbocycles. The van der Waals surface area contributed by atoms with Crippen molar-refractivity contribution >= 4 is 28.9 Å². The SMILES string of the molecule is CC(Oc1cccc(N2CCCC2=O)c1)C(=O)Nc1ccc(N2CCOCC2)cc1. The number of benzene rings is 2. The van der Waals surface area contributed by atoms with E-state index >= 15 is 0 Å². The Morgan fingerprint density at radius 2 is 1.83 bits per heavy atom. The molecule has 0 bridgehead atoms. The summed E-state index contributed by atoms with van der Waals surface area (Å²) in [6.45, 7) is 5.65. The minimum atomic E-state index is -0.673. The smallest absolute Gasteiger partial charge is 0.265 e. The van der Waals surface area contributed by atoms with E-state index in [1.807, 2.05) is 42.5 Å². The Kier molecular flexibility index (Phi) is 6.18. The zero-order valence-electron chi connectivity index (χ0n) is 17.2. The van der Waals surface area contributed by atoms with E-state index in [1.165, 1.54) is 0 Å². The lowest BCUT2D eigenvalue weighted by atomic mass is 10.2. The first-order valence-corrected chi connectivity index (χ1v) is 10.4. The van der Waals surface area contributed by atoms with Gasteiger partial charge in [0.15, 0.2) is 6.10 Å². The fourth-order valence-electron chi connectivity index (χ4n) is 3.72. The monoisotopic (exact) mass is 409 g/mol. The molecule has 158 valence electrons. The van der Waals surface area contributed by atoms with Gasteiger partial charge in [-0.2, -0.15) is 0 Å². The number of ether oxygens (including phenoxy) is 2. The Morgan fingerprint density at radius 3 is 2.53 bits per heavy atom. The van der Waals surface area contributed by atoms with Crippen molar-refractivity contribution in [3.8, 4) is 5.75 Å².